The maximum Gasteiger partial charge on any atom is 0.258 e. The number of ether oxygens (including phenoxy) is 1. The van der Waals surface area contributed by atoms with Crippen molar-refractivity contribution < 1.29 is 13.9 Å². The van der Waals surface area contributed by atoms with Gasteiger partial charge in [-0.25, -0.2) is 4.98 Å². The number of nitrogens with zero attached hydrogens (tertiary/aromatic N) is 1. The topological polar surface area (TPSA) is 64.4 Å². The minimum Gasteiger partial charge on any atom is -0.482 e. The molecule has 1 aromatic heterocycles. The fraction of sp³-hybridized carbons (Fsp3) is 0.200. The van der Waals surface area contributed by atoms with Crippen LogP contribution in [0, 0.1) is 20.8 Å². The lowest BCUT2D eigenvalue weighted by molar-refractivity contribution is -0.123. The van der Waals surface area contributed by atoms with E-state index < -0.39 is 0 Å². The predicted molar refractivity (Wildman–Crippen MR) is 133 cm³/mol. The number of aromatic nitrogens is 1. The molecule has 0 aliphatic rings. The number of benzene rings is 3. The largest absolute Gasteiger partial charge is 0.482 e. The van der Waals surface area contributed by atoms with Crippen LogP contribution in [-0.4, -0.2) is 17.5 Å². The van der Waals surface area contributed by atoms with E-state index in [9.17, 15) is 4.79 Å². The van der Waals surface area contributed by atoms with Crippen molar-refractivity contribution in [3.8, 4) is 17.2 Å². The third-order valence-electron chi connectivity index (χ3n) is 5.24. The summed E-state index contributed by atoms with van der Waals surface area (Å²) in [6.45, 7) is 6.42. The first kappa shape index (κ1) is 22.6. The second kappa shape index (κ2) is 9.46. The van der Waals surface area contributed by atoms with Gasteiger partial charge in [0.1, 0.15) is 11.3 Å². The first-order valence-electron chi connectivity index (χ1n) is 10.1. The van der Waals surface area contributed by atoms with Gasteiger partial charge in [-0.05, 0) is 95.4 Å². The number of hydrogen-bond donors (Lipinski definition) is 1. The molecule has 1 heterocycles. The number of carbonyl (C=O) groups excluding carboxylic acids is 1. The van der Waals surface area contributed by atoms with Crippen molar-refractivity contribution in [3.63, 3.8) is 0 Å². The van der Waals surface area contributed by atoms with E-state index in [-0.39, 0.29) is 12.5 Å². The van der Waals surface area contributed by atoms with E-state index in [0.717, 1.165) is 36.7 Å². The molecule has 0 fully saturated rings. The molecule has 32 heavy (non-hydrogen) atoms. The Kier molecular flexibility index (Phi) is 6.67. The monoisotopic (exact) mass is 556 g/mol. The van der Waals surface area contributed by atoms with E-state index in [1.807, 2.05) is 55.5 Å². The molecule has 1 N–H and O–H groups in total. The second-order valence-electron chi connectivity index (χ2n) is 7.72. The summed E-state index contributed by atoms with van der Waals surface area (Å²) in [6, 6.07) is 15.7. The highest BCUT2D eigenvalue weighted by Crippen LogP contribution is 2.32. The Morgan fingerprint density at radius 3 is 2.44 bits per heavy atom. The molecular formula is C25H22Br2N2O3. The van der Waals surface area contributed by atoms with Crippen LogP contribution in [0.1, 0.15) is 22.3 Å². The maximum atomic E-state index is 12.2. The first-order chi connectivity index (χ1) is 15.3. The van der Waals surface area contributed by atoms with Crippen LogP contribution in [-0.2, 0) is 11.3 Å². The summed E-state index contributed by atoms with van der Waals surface area (Å²) in [5, 5.41) is 2.89. The van der Waals surface area contributed by atoms with Crippen molar-refractivity contribution >= 4 is 48.9 Å². The summed E-state index contributed by atoms with van der Waals surface area (Å²) in [7, 11) is 0. The van der Waals surface area contributed by atoms with Gasteiger partial charge < -0.3 is 14.5 Å². The molecule has 4 rings (SSSR count). The van der Waals surface area contributed by atoms with Gasteiger partial charge in [-0.2, -0.15) is 0 Å². The van der Waals surface area contributed by atoms with E-state index in [1.54, 1.807) is 0 Å². The molecule has 0 unspecified atom stereocenters. The first-order valence-corrected chi connectivity index (χ1v) is 11.7. The molecule has 0 aliphatic carbocycles. The molecule has 5 nitrogen and oxygen atoms in total. The number of amides is 1. The van der Waals surface area contributed by atoms with Crippen LogP contribution in [0.4, 0.5) is 0 Å². The minimum atomic E-state index is -0.187. The molecule has 3 aromatic carbocycles. The molecule has 0 saturated carbocycles. The molecule has 1 amide bonds. The van der Waals surface area contributed by atoms with Gasteiger partial charge in [-0.15, -0.1) is 0 Å². The summed E-state index contributed by atoms with van der Waals surface area (Å²) >= 11 is 6.91. The van der Waals surface area contributed by atoms with Crippen LogP contribution in [0.5, 0.6) is 5.75 Å². The summed E-state index contributed by atoms with van der Waals surface area (Å²) in [4.78, 5) is 16.8. The predicted octanol–water partition coefficient (Wildman–Crippen LogP) is 6.64. The number of halogens is 2. The highest BCUT2D eigenvalue weighted by molar-refractivity contribution is 9.11. The van der Waals surface area contributed by atoms with Crippen LogP contribution in [0.25, 0.3) is 22.6 Å². The van der Waals surface area contributed by atoms with Crippen molar-refractivity contribution in [1.82, 2.24) is 10.3 Å². The average Bonchev–Trinajstić information content (AvgIpc) is 3.14. The van der Waals surface area contributed by atoms with Crippen LogP contribution >= 0.6 is 31.9 Å². The van der Waals surface area contributed by atoms with Gasteiger partial charge in [-0.1, -0.05) is 28.1 Å². The van der Waals surface area contributed by atoms with Crippen molar-refractivity contribution in [2.75, 3.05) is 6.61 Å². The molecule has 0 aliphatic heterocycles. The lowest BCUT2D eigenvalue weighted by atomic mass is 10.1. The zero-order valence-corrected chi connectivity index (χ0v) is 21.1. The lowest BCUT2D eigenvalue weighted by Gasteiger charge is -2.12. The summed E-state index contributed by atoms with van der Waals surface area (Å²) in [6.07, 6.45) is 0. The Bertz CT molecular complexity index is 1230. The Morgan fingerprint density at radius 1 is 1.00 bits per heavy atom. The molecule has 0 spiro atoms. The van der Waals surface area contributed by atoms with Gasteiger partial charge >= 0.3 is 0 Å². The van der Waals surface area contributed by atoms with Gasteiger partial charge in [0.15, 0.2) is 12.2 Å². The van der Waals surface area contributed by atoms with Crippen molar-refractivity contribution in [1.29, 1.82) is 0 Å². The summed E-state index contributed by atoms with van der Waals surface area (Å²) in [5.74, 6) is 1.06. The van der Waals surface area contributed by atoms with Gasteiger partial charge in [-0.3, -0.25) is 4.79 Å². The Hall–Kier alpha value is -2.64. The minimum absolute atomic E-state index is 0.0547. The summed E-state index contributed by atoms with van der Waals surface area (Å²) < 4.78 is 13.4. The van der Waals surface area contributed by atoms with Crippen LogP contribution in [0.15, 0.2) is 61.9 Å². The molecule has 164 valence electrons. The highest BCUT2D eigenvalue weighted by Gasteiger charge is 2.11. The number of carbonyl (C=O) groups is 1. The fourth-order valence-electron chi connectivity index (χ4n) is 3.33. The molecule has 0 radical (unpaired) electrons. The van der Waals surface area contributed by atoms with Crippen LogP contribution in [0.3, 0.4) is 0 Å². The molecule has 0 atom stereocenters. The SMILES string of the molecule is Cc1cc2nc(-c3ccc(CNC(=O)COc4c(C)cc(Br)cc4Br)cc3)oc2cc1C. The van der Waals surface area contributed by atoms with Crippen LogP contribution in [0.2, 0.25) is 0 Å². The van der Waals surface area contributed by atoms with Crippen molar-refractivity contribution in [2.45, 2.75) is 27.3 Å². The number of nitrogens with one attached hydrogen (secondary N) is 1. The maximum absolute atomic E-state index is 12.2. The number of oxazole rings is 1. The zero-order chi connectivity index (χ0) is 22.8. The number of fused-ring (bicyclic) bond motifs is 1. The third kappa shape index (κ3) is 5.05. The lowest BCUT2D eigenvalue weighted by Crippen LogP contribution is -2.28. The molecule has 7 heteroatoms. The number of hydrogen-bond acceptors (Lipinski definition) is 4. The highest BCUT2D eigenvalue weighted by atomic mass is 79.9. The second-order valence-corrected chi connectivity index (χ2v) is 9.49. The zero-order valence-electron chi connectivity index (χ0n) is 18.0. The quantitative estimate of drug-likeness (QED) is 0.288. The Balaban J connectivity index is 1.35. The van der Waals surface area contributed by atoms with Crippen molar-refractivity contribution in [3.05, 3.63) is 79.7 Å². The molecular weight excluding hydrogens is 536 g/mol. The van der Waals surface area contributed by atoms with Gasteiger partial charge in [0, 0.05) is 16.6 Å². The molecule has 0 saturated heterocycles. The average molecular weight is 558 g/mol. The summed E-state index contributed by atoms with van der Waals surface area (Å²) in [5.41, 5.74) is 6.82. The van der Waals surface area contributed by atoms with Crippen LogP contribution < -0.4 is 10.1 Å². The van der Waals surface area contributed by atoms with E-state index in [4.69, 9.17) is 9.15 Å². The van der Waals surface area contributed by atoms with E-state index in [2.05, 4.69) is 56.0 Å². The normalized spacial score (nSPS) is 11.0. The van der Waals surface area contributed by atoms with Gasteiger partial charge in [0.25, 0.3) is 5.91 Å². The van der Waals surface area contributed by atoms with Gasteiger partial charge in [0.2, 0.25) is 5.89 Å². The van der Waals surface area contributed by atoms with E-state index in [0.29, 0.717) is 18.2 Å². The molecule has 0 bridgehead atoms. The van der Waals surface area contributed by atoms with Crippen molar-refractivity contribution in [2.24, 2.45) is 0 Å². The van der Waals surface area contributed by atoms with E-state index in [1.165, 1.54) is 11.1 Å². The standard InChI is InChI=1S/C25H22Br2N2O3/c1-14-9-21-22(10-15(14)2)32-25(29-21)18-6-4-17(5-7-18)12-28-23(30)13-31-24-16(3)8-19(26)11-20(24)27/h4-11H,12-13H2,1-3H3,(H,28,30). The Labute approximate surface area is 203 Å². The third-order valence-corrected chi connectivity index (χ3v) is 6.28. The van der Waals surface area contributed by atoms with Gasteiger partial charge in [0.05, 0.1) is 4.47 Å². The Morgan fingerprint density at radius 2 is 1.72 bits per heavy atom. The fourth-order valence-corrected chi connectivity index (χ4v) is 4.88. The smallest absolute Gasteiger partial charge is 0.258 e. The molecule has 4 aromatic rings. The number of rotatable bonds is 6. The number of aryl methyl sites for hydroxylation is 3. The van der Waals surface area contributed by atoms with E-state index >= 15 is 0 Å².